The molecule has 1 fully saturated rings. The Balaban J connectivity index is 2.01. The third-order valence-electron chi connectivity index (χ3n) is 4.07. The van der Waals surface area contributed by atoms with E-state index in [0.717, 1.165) is 5.56 Å². The summed E-state index contributed by atoms with van der Waals surface area (Å²) in [6.45, 7) is 0. The van der Waals surface area contributed by atoms with Crippen molar-refractivity contribution in [2.24, 2.45) is 17.6 Å². The molecular formula is C14H16Cl2F3N. The number of rotatable bonds is 2. The van der Waals surface area contributed by atoms with Gasteiger partial charge in [-0.1, -0.05) is 29.3 Å². The molecule has 0 aliphatic heterocycles. The first-order valence-electron chi connectivity index (χ1n) is 6.56. The second kappa shape index (κ2) is 6.12. The van der Waals surface area contributed by atoms with E-state index in [0.29, 0.717) is 22.9 Å². The monoisotopic (exact) mass is 325 g/mol. The molecule has 0 saturated heterocycles. The summed E-state index contributed by atoms with van der Waals surface area (Å²) in [7, 11) is 0. The Labute approximate surface area is 126 Å². The number of nitrogens with two attached hydrogens (primary N) is 1. The minimum atomic E-state index is -4.08. The molecule has 6 heteroatoms. The highest BCUT2D eigenvalue weighted by Gasteiger charge is 2.42. The first-order chi connectivity index (χ1) is 9.29. The van der Waals surface area contributed by atoms with E-state index in [2.05, 4.69) is 0 Å². The van der Waals surface area contributed by atoms with Gasteiger partial charge in [-0.15, -0.1) is 0 Å². The summed E-state index contributed by atoms with van der Waals surface area (Å²) in [6, 6.07) is 4.86. The predicted octanol–water partition coefficient (Wildman–Crippen LogP) is 5.36. The van der Waals surface area contributed by atoms with Gasteiger partial charge in [0.1, 0.15) is 0 Å². The number of halogens is 5. The molecule has 1 atom stereocenters. The van der Waals surface area contributed by atoms with Gasteiger partial charge in [0.05, 0.1) is 16.0 Å². The standard InChI is InChI=1S/C14H16Cl2F3N/c15-11-6-3-9(7-12(11)16)13(20)8-1-4-10(5-2-8)14(17,18)19/h3,6-8,10,13H,1-2,4-5,20H2. The quantitative estimate of drug-likeness (QED) is 0.778. The van der Waals surface area contributed by atoms with Crippen molar-refractivity contribution in [2.75, 3.05) is 0 Å². The molecule has 1 unspecified atom stereocenters. The largest absolute Gasteiger partial charge is 0.391 e. The lowest BCUT2D eigenvalue weighted by Crippen LogP contribution is -2.31. The summed E-state index contributed by atoms with van der Waals surface area (Å²) in [6.07, 6.45) is -2.79. The summed E-state index contributed by atoms with van der Waals surface area (Å²) in [5.74, 6) is -1.12. The Morgan fingerprint density at radius 3 is 2.15 bits per heavy atom. The molecule has 1 aliphatic rings. The van der Waals surface area contributed by atoms with Crippen LogP contribution in [0.4, 0.5) is 13.2 Å². The van der Waals surface area contributed by atoms with Crippen LogP contribution in [0.5, 0.6) is 0 Å². The van der Waals surface area contributed by atoms with Crippen LogP contribution in [0.3, 0.4) is 0 Å². The van der Waals surface area contributed by atoms with Gasteiger partial charge < -0.3 is 5.73 Å². The fourth-order valence-electron chi connectivity index (χ4n) is 2.80. The molecule has 1 aromatic rings. The number of hydrogen-bond donors (Lipinski definition) is 1. The maximum Gasteiger partial charge on any atom is 0.391 e. The lowest BCUT2D eigenvalue weighted by atomic mass is 9.77. The van der Waals surface area contributed by atoms with Crippen molar-refractivity contribution in [3.63, 3.8) is 0 Å². The van der Waals surface area contributed by atoms with E-state index in [1.807, 2.05) is 0 Å². The van der Waals surface area contributed by atoms with E-state index >= 15 is 0 Å². The average Bonchev–Trinajstić information content (AvgIpc) is 2.40. The van der Waals surface area contributed by atoms with Crippen LogP contribution < -0.4 is 5.73 Å². The Kier molecular flexibility index (Phi) is 4.88. The molecule has 1 aliphatic carbocycles. The van der Waals surface area contributed by atoms with Crippen LogP contribution in [-0.2, 0) is 0 Å². The molecule has 0 spiro atoms. The molecular weight excluding hydrogens is 310 g/mol. The van der Waals surface area contributed by atoms with Gasteiger partial charge in [0.15, 0.2) is 0 Å². The van der Waals surface area contributed by atoms with Gasteiger partial charge in [-0.05, 0) is 49.3 Å². The molecule has 0 heterocycles. The van der Waals surface area contributed by atoms with Crippen LogP contribution in [0.25, 0.3) is 0 Å². The summed E-state index contributed by atoms with van der Waals surface area (Å²) < 4.78 is 37.9. The highest BCUT2D eigenvalue weighted by atomic mass is 35.5. The predicted molar refractivity (Wildman–Crippen MR) is 74.9 cm³/mol. The lowest BCUT2D eigenvalue weighted by molar-refractivity contribution is -0.184. The SMILES string of the molecule is NC(c1ccc(Cl)c(Cl)c1)C1CCC(C(F)(F)F)CC1. The number of benzene rings is 1. The zero-order chi connectivity index (χ0) is 14.9. The molecule has 20 heavy (non-hydrogen) atoms. The summed E-state index contributed by atoms with van der Waals surface area (Å²) >= 11 is 11.8. The molecule has 1 saturated carbocycles. The van der Waals surface area contributed by atoms with E-state index in [1.54, 1.807) is 18.2 Å². The number of alkyl halides is 3. The van der Waals surface area contributed by atoms with E-state index < -0.39 is 12.1 Å². The summed E-state index contributed by atoms with van der Waals surface area (Å²) in [5, 5.41) is 0.868. The maximum atomic E-state index is 12.6. The van der Waals surface area contributed by atoms with E-state index in [9.17, 15) is 13.2 Å². The van der Waals surface area contributed by atoms with Gasteiger partial charge in [-0.2, -0.15) is 13.2 Å². The van der Waals surface area contributed by atoms with Crippen molar-refractivity contribution in [3.05, 3.63) is 33.8 Å². The van der Waals surface area contributed by atoms with Crippen molar-refractivity contribution in [1.29, 1.82) is 0 Å². The Morgan fingerprint density at radius 1 is 1.05 bits per heavy atom. The Morgan fingerprint density at radius 2 is 1.65 bits per heavy atom. The van der Waals surface area contributed by atoms with E-state index in [-0.39, 0.29) is 24.8 Å². The molecule has 1 aromatic carbocycles. The van der Waals surface area contributed by atoms with Crippen LogP contribution >= 0.6 is 23.2 Å². The summed E-state index contributed by atoms with van der Waals surface area (Å²) in [5.41, 5.74) is 6.99. The molecule has 2 rings (SSSR count). The highest BCUT2D eigenvalue weighted by Crippen LogP contribution is 2.42. The van der Waals surface area contributed by atoms with Crippen LogP contribution in [0.15, 0.2) is 18.2 Å². The average molecular weight is 326 g/mol. The minimum absolute atomic E-state index is 0.0610. The zero-order valence-electron chi connectivity index (χ0n) is 10.8. The normalized spacial score (nSPS) is 25.5. The van der Waals surface area contributed by atoms with Crippen molar-refractivity contribution in [1.82, 2.24) is 0 Å². The first kappa shape index (κ1) is 15.9. The topological polar surface area (TPSA) is 26.0 Å². The van der Waals surface area contributed by atoms with E-state index in [4.69, 9.17) is 28.9 Å². The summed E-state index contributed by atoms with van der Waals surface area (Å²) in [4.78, 5) is 0. The molecule has 0 amide bonds. The molecule has 1 nitrogen and oxygen atoms in total. The van der Waals surface area contributed by atoms with Crippen molar-refractivity contribution in [3.8, 4) is 0 Å². The highest BCUT2D eigenvalue weighted by molar-refractivity contribution is 6.42. The molecule has 112 valence electrons. The van der Waals surface area contributed by atoms with Crippen LogP contribution in [-0.4, -0.2) is 6.18 Å². The third kappa shape index (κ3) is 3.60. The smallest absolute Gasteiger partial charge is 0.324 e. The van der Waals surface area contributed by atoms with Gasteiger partial charge in [-0.3, -0.25) is 0 Å². The van der Waals surface area contributed by atoms with Gasteiger partial charge in [0.25, 0.3) is 0 Å². The second-order valence-electron chi connectivity index (χ2n) is 5.35. The Hall–Kier alpha value is -0.450. The van der Waals surface area contributed by atoms with Crippen molar-refractivity contribution >= 4 is 23.2 Å². The van der Waals surface area contributed by atoms with Crippen LogP contribution in [0.2, 0.25) is 10.0 Å². The lowest BCUT2D eigenvalue weighted by Gasteiger charge is -2.33. The van der Waals surface area contributed by atoms with Gasteiger partial charge >= 0.3 is 6.18 Å². The van der Waals surface area contributed by atoms with Crippen molar-refractivity contribution in [2.45, 2.75) is 37.9 Å². The van der Waals surface area contributed by atoms with Gasteiger partial charge in [0, 0.05) is 6.04 Å². The van der Waals surface area contributed by atoms with Gasteiger partial charge in [-0.25, -0.2) is 0 Å². The second-order valence-corrected chi connectivity index (χ2v) is 6.17. The fraction of sp³-hybridized carbons (Fsp3) is 0.571. The Bertz CT molecular complexity index is 468. The van der Waals surface area contributed by atoms with Gasteiger partial charge in [0.2, 0.25) is 0 Å². The van der Waals surface area contributed by atoms with Crippen LogP contribution in [0, 0.1) is 11.8 Å². The third-order valence-corrected chi connectivity index (χ3v) is 4.81. The molecule has 0 radical (unpaired) electrons. The zero-order valence-corrected chi connectivity index (χ0v) is 12.3. The fourth-order valence-corrected chi connectivity index (χ4v) is 3.10. The maximum absolute atomic E-state index is 12.6. The molecule has 0 bridgehead atoms. The number of hydrogen-bond acceptors (Lipinski definition) is 1. The first-order valence-corrected chi connectivity index (χ1v) is 7.32. The van der Waals surface area contributed by atoms with Crippen molar-refractivity contribution < 1.29 is 13.2 Å². The molecule has 2 N–H and O–H groups in total. The van der Waals surface area contributed by atoms with Crippen LogP contribution in [0.1, 0.15) is 37.3 Å². The minimum Gasteiger partial charge on any atom is -0.324 e. The van der Waals surface area contributed by atoms with E-state index in [1.165, 1.54) is 0 Å². The molecule has 0 aromatic heterocycles.